The number of rotatable bonds is 2. The third kappa shape index (κ3) is 2.37. The highest BCUT2D eigenvalue weighted by Crippen LogP contribution is 2.47. The highest BCUT2D eigenvalue weighted by atomic mass is 14.3. The quantitative estimate of drug-likeness (QED) is 0.602. The summed E-state index contributed by atoms with van der Waals surface area (Å²) in [6.07, 6.45) is 5.95. The van der Waals surface area contributed by atoms with Gasteiger partial charge in [-0.2, -0.15) is 0 Å². The minimum Gasteiger partial charge on any atom is -0.0652 e. The van der Waals surface area contributed by atoms with Crippen molar-refractivity contribution in [2.75, 3.05) is 0 Å². The maximum Gasteiger partial charge on any atom is 0.00636 e. The van der Waals surface area contributed by atoms with E-state index < -0.39 is 0 Å². The van der Waals surface area contributed by atoms with E-state index in [0.29, 0.717) is 11.8 Å². The first-order chi connectivity index (χ1) is 11.0. The van der Waals surface area contributed by atoms with Crippen molar-refractivity contribution in [3.63, 3.8) is 0 Å². The van der Waals surface area contributed by atoms with Crippen molar-refractivity contribution >= 4 is 12.2 Å². The Morgan fingerprint density at radius 2 is 1.09 bits per heavy atom. The Hall–Kier alpha value is -2.08. The van der Waals surface area contributed by atoms with E-state index in [1.807, 2.05) is 0 Å². The predicted molar refractivity (Wildman–Crippen MR) is 99.8 cm³/mol. The molecule has 2 aliphatic rings. The van der Waals surface area contributed by atoms with Crippen LogP contribution in [-0.4, -0.2) is 0 Å². The zero-order valence-electron chi connectivity index (χ0n) is 14.5. The summed E-state index contributed by atoms with van der Waals surface area (Å²) in [4.78, 5) is 0. The van der Waals surface area contributed by atoms with E-state index in [0.717, 1.165) is 0 Å². The lowest BCUT2D eigenvalue weighted by molar-refractivity contribution is 0.642. The van der Waals surface area contributed by atoms with Crippen molar-refractivity contribution in [1.29, 1.82) is 0 Å². The minimum absolute atomic E-state index is 0.560. The Bertz CT molecular complexity index is 777. The van der Waals surface area contributed by atoms with Crippen LogP contribution in [0.25, 0.3) is 12.2 Å². The van der Waals surface area contributed by atoms with E-state index in [-0.39, 0.29) is 0 Å². The third-order valence-corrected chi connectivity index (χ3v) is 5.57. The summed E-state index contributed by atoms with van der Waals surface area (Å²) in [5.41, 5.74) is 11.6. The molecule has 0 saturated carbocycles. The van der Waals surface area contributed by atoms with Gasteiger partial charge in [-0.3, -0.25) is 0 Å². The number of benzene rings is 2. The molecule has 0 amide bonds. The summed E-state index contributed by atoms with van der Waals surface area (Å²) < 4.78 is 0. The summed E-state index contributed by atoms with van der Waals surface area (Å²) in [5.74, 6) is 1.12. The molecule has 0 bridgehead atoms. The molecule has 0 saturated heterocycles. The van der Waals surface area contributed by atoms with Gasteiger partial charge in [0, 0.05) is 11.8 Å². The van der Waals surface area contributed by atoms with Crippen LogP contribution < -0.4 is 0 Å². The molecule has 2 aromatic rings. The molecule has 0 radical (unpaired) electrons. The summed E-state index contributed by atoms with van der Waals surface area (Å²) in [5, 5.41) is 0. The van der Waals surface area contributed by atoms with Crippen LogP contribution in [-0.2, 0) is 0 Å². The van der Waals surface area contributed by atoms with Crippen LogP contribution in [0.5, 0.6) is 0 Å². The summed E-state index contributed by atoms with van der Waals surface area (Å²) >= 11 is 0. The second kappa shape index (κ2) is 5.23. The second-order valence-corrected chi connectivity index (χ2v) is 7.38. The van der Waals surface area contributed by atoms with Crippen molar-refractivity contribution in [2.45, 2.75) is 46.0 Å². The fraction of sp³-hybridized carbons (Fsp3) is 0.304. The van der Waals surface area contributed by atoms with Gasteiger partial charge in [0.15, 0.2) is 0 Å². The molecule has 2 unspecified atom stereocenters. The normalized spacial score (nSPS) is 21.7. The molecule has 116 valence electrons. The van der Waals surface area contributed by atoms with Crippen molar-refractivity contribution in [1.82, 2.24) is 0 Å². The number of aryl methyl sites for hydroxylation is 2. The number of hydrogen-bond donors (Lipinski definition) is 0. The number of fused-ring (bicyclic) bond motifs is 2. The van der Waals surface area contributed by atoms with Gasteiger partial charge in [-0.25, -0.2) is 0 Å². The fourth-order valence-electron chi connectivity index (χ4n) is 4.30. The van der Waals surface area contributed by atoms with Gasteiger partial charge >= 0.3 is 0 Å². The molecule has 23 heavy (non-hydrogen) atoms. The predicted octanol–water partition coefficient (Wildman–Crippen LogP) is 6.39. The molecule has 2 atom stereocenters. The lowest BCUT2D eigenvalue weighted by Gasteiger charge is -2.22. The van der Waals surface area contributed by atoms with Crippen molar-refractivity contribution in [3.05, 3.63) is 80.9 Å². The van der Waals surface area contributed by atoms with E-state index in [4.69, 9.17) is 0 Å². The smallest absolute Gasteiger partial charge is 0.00636 e. The lowest BCUT2D eigenvalue weighted by atomic mass is 9.81. The van der Waals surface area contributed by atoms with Crippen LogP contribution in [0.3, 0.4) is 0 Å². The van der Waals surface area contributed by atoms with Gasteiger partial charge in [0.25, 0.3) is 0 Å². The Kier molecular flexibility index (Phi) is 3.30. The highest BCUT2D eigenvalue weighted by molar-refractivity contribution is 5.69. The first-order valence-corrected chi connectivity index (χ1v) is 8.60. The van der Waals surface area contributed by atoms with Gasteiger partial charge in [0.2, 0.25) is 0 Å². The second-order valence-electron chi connectivity index (χ2n) is 7.38. The first kappa shape index (κ1) is 14.5. The molecule has 2 aliphatic carbocycles. The number of allylic oxidation sites excluding steroid dienone is 2. The monoisotopic (exact) mass is 300 g/mol. The van der Waals surface area contributed by atoms with Gasteiger partial charge < -0.3 is 0 Å². The summed E-state index contributed by atoms with van der Waals surface area (Å²) in [7, 11) is 0. The van der Waals surface area contributed by atoms with Gasteiger partial charge in [-0.05, 0) is 56.4 Å². The number of hydrogen-bond acceptors (Lipinski definition) is 0. The fourth-order valence-corrected chi connectivity index (χ4v) is 4.30. The molecule has 0 fully saturated rings. The Morgan fingerprint density at radius 1 is 0.652 bits per heavy atom. The minimum atomic E-state index is 0.560. The first-order valence-electron chi connectivity index (χ1n) is 8.60. The van der Waals surface area contributed by atoms with E-state index >= 15 is 0 Å². The molecule has 0 spiro atoms. The maximum absolute atomic E-state index is 2.39. The van der Waals surface area contributed by atoms with Crippen LogP contribution in [0.15, 0.2) is 47.5 Å². The Balaban J connectivity index is 1.71. The van der Waals surface area contributed by atoms with Crippen molar-refractivity contribution < 1.29 is 0 Å². The molecule has 0 aliphatic heterocycles. The van der Waals surface area contributed by atoms with Crippen molar-refractivity contribution in [2.24, 2.45) is 0 Å². The molecule has 0 nitrogen and oxygen atoms in total. The van der Waals surface area contributed by atoms with Crippen LogP contribution in [0.2, 0.25) is 0 Å². The molecule has 4 rings (SSSR count). The van der Waals surface area contributed by atoms with Crippen LogP contribution in [0, 0.1) is 13.8 Å². The molecule has 0 aromatic heterocycles. The molecular weight excluding hydrogens is 276 g/mol. The van der Waals surface area contributed by atoms with Crippen molar-refractivity contribution in [3.8, 4) is 0 Å². The standard InChI is InChI=1S/C23H24/c1-14-5-7-18-11-16(3)20(22(18)9-14)13-21-17(4)12-19-8-6-15(2)10-23(19)21/h5-12,20-21H,13H2,1-4H3. The van der Waals surface area contributed by atoms with Crippen LogP contribution >= 0.6 is 0 Å². The van der Waals surface area contributed by atoms with Gasteiger partial charge in [0.1, 0.15) is 0 Å². The van der Waals surface area contributed by atoms with Gasteiger partial charge in [-0.15, -0.1) is 0 Å². The Labute approximate surface area is 139 Å². The lowest BCUT2D eigenvalue weighted by Crippen LogP contribution is -2.06. The van der Waals surface area contributed by atoms with Gasteiger partial charge in [-0.1, -0.05) is 70.8 Å². The average Bonchev–Trinajstić information content (AvgIpc) is 2.98. The molecule has 0 heteroatoms. The SMILES string of the molecule is CC1=Cc2ccc(C)cc2C1CC1C(C)=Cc2ccc(C)cc21. The highest BCUT2D eigenvalue weighted by Gasteiger charge is 2.30. The molecule has 2 aromatic carbocycles. The average molecular weight is 300 g/mol. The maximum atomic E-state index is 2.39. The summed E-state index contributed by atoms with van der Waals surface area (Å²) in [6, 6.07) is 13.8. The van der Waals surface area contributed by atoms with Crippen LogP contribution in [0.1, 0.15) is 65.5 Å². The Morgan fingerprint density at radius 3 is 1.52 bits per heavy atom. The molecule has 0 N–H and O–H groups in total. The zero-order valence-corrected chi connectivity index (χ0v) is 14.5. The van der Waals surface area contributed by atoms with E-state index in [1.54, 1.807) is 0 Å². The molecular formula is C23H24. The van der Waals surface area contributed by atoms with Crippen LogP contribution in [0.4, 0.5) is 0 Å². The van der Waals surface area contributed by atoms with E-state index in [2.05, 4.69) is 76.2 Å². The van der Waals surface area contributed by atoms with E-state index in [9.17, 15) is 0 Å². The molecule has 0 heterocycles. The topological polar surface area (TPSA) is 0 Å². The largest absolute Gasteiger partial charge is 0.0652 e. The van der Waals surface area contributed by atoms with Gasteiger partial charge in [0.05, 0.1) is 0 Å². The zero-order chi connectivity index (χ0) is 16.1. The van der Waals surface area contributed by atoms with E-state index in [1.165, 1.54) is 50.9 Å². The third-order valence-electron chi connectivity index (χ3n) is 5.57. The summed E-state index contributed by atoms with van der Waals surface area (Å²) in [6.45, 7) is 8.99.